The van der Waals surface area contributed by atoms with Crippen molar-refractivity contribution in [2.24, 2.45) is 0 Å². The van der Waals surface area contributed by atoms with Crippen molar-refractivity contribution in [2.45, 2.75) is 25.9 Å². The first kappa shape index (κ1) is 19.0. The molecular formula is C18H20F2N4O3. The van der Waals surface area contributed by atoms with E-state index in [0.29, 0.717) is 40.2 Å². The highest BCUT2D eigenvalue weighted by Gasteiger charge is 2.33. The van der Waals surface area contributed by atoms with Crippen molar-refractivity contribution in [3.8, 4) is 11.1 Å². The molecule has 2 amide bonds. The van der Waals surface area contributed by atoms with Crippen LogP contribution in [-0.2, 0) is 4.79 Å². The third-order valence-electron chi connectivity index (χ3n) is 4.53. The summed E-state index contributed by atoms with van der Waals surface area (Å²) < 4.78 is 26.3. The summed E-state index contributed by atoms with van der Waals surface area (Å²) in [5, 5.41) is 15.7. The van der Waals surface area contributed by atoms with Crippen LogP contribution >= 0.6 is 0 Å². The van der Waals surface area contributed by atoms with Gasteiger partial charge in [-0.3, -0.25) is 9.59 Å². The van der Waals surface area contributed by atoms with Crippen LogP contribution in [0.3, 0.4) is 0 Å². The number of hydrogen-bond acceptors (Lipinski definition) is 4. The number of aliphatic hydroxyl groups is 1. The molecule has 2 aromatic rings. The summed E-state index contributed by atoms with van der Waals surface area (Å²) in [6.07, 6.45) is 1.39. The van der Waals surface area contributed by atoms with Crippen molar-refractivity contribution < 1.29 is 23.5 Å². The molecule has 1 atom stereocenters. The Labute approximate surface area is 154 Å². The zero-order valence-corrected chi connectivity index (χ0v) is 14.7. The third-order valence-corrected chi connectivity index (χ3v) is 4.53. The summed E-state index contributed by atoms with van der Waals surface area (Å²) in [7, 11) is 0. The van der Waals surface area contributed by atoms with Crippen molar-refractivity contribution in [3.05, 3.63) is 41.7 Å². The standard InChI is InChI=1S/C18H20F2N4O3/c1-11-14(10-24(22-11)18(19)20)12-3-2-4-13(9-12)17(27)23-7-6-21-16(26)15(23)5-8-25/h2-4,9-10,15,18,25H,5-8H2,1H3,(H,21,26). The van der Waals surface area contributed by atoms with E-state index in [1.165, 1.54) is 11.1 Å². The van der Waals surface area contributed by atoms with Crippen LogP contribution in [0.2, 0.25) is 0 Å². The maximum atomic E-state index is 12.9. The van der Waals surface area contributed by atoms with Crippen LogP contribution in [-0.4, -0.2) is 57.3 Å². The van der Waals surface area contributed by atoms with Gasteiger partial charge in [-0.1, -0.05) is 12.1 Å². The van der Waals surface area contributed by atoms with Gasteiger partial charge < -0.3 is 15.3 Å². The molecule has 2 N–H and O–H groups in total. The van der Waals surface area contributed by atoms with Crippen LogP contribution in [0.1, 0.15) is 29.0 Å². The molecule has 144 valence electrons. The molecule has 3 rings (SSSR count). The summed E-state index contributed by atoms with van der Waals surface area (Å²) in [5.74, 6) is -0.641. The van der Waals surface area contributed by atoms with E-state index >= 15 is 0 Å². The molecule has 1 saturated heterocycles. The smallest absolute Gasteiger partial charge is 0.333 e. The molecule has 9 heteroatoms. The van der Waals surface area contributed by atoms with Crippen LogP contribution in [0.5, 0.6) is 0 Å². The van der Waals surface area contributed by atoms with Gasteiger partial charge in [0.05, 0.1) is 5.69 Å². The van der Waals surface area contributed by atoms with Gasteiger partial charge in [0, 0.05) is 37.0 Å². The minimum Gasteiger partial charge on any atom is -0.396 e. The first-order valence-electron chi connectivity index (χ1n) is 8.56. The van der Waals surface area contributed by atoms with E-state index < -0.39 is 12.6 Å². The van der Waals surface area contributed by atoms with Gasteiger partial charge in [0.25, 0.3) is 5.91 Å². The van der Waals surface area contributed by atoms with Gasteiger partial charge in [-0.15, -0.1) is 0 Å². The highest BCUT2D eigenvalue weighted by Crippen LogP contribution is 2.26. The number of alkyl halides is 2. The number of carbonyl (C=O) groups excluding carboxylic acids is 2. The molecule has 27 heavy (non-hydrogen) atoms. The number of rotatable bonds is 5. The number of piperazine rings is 1. The molecule has 0 saturated carbocycles. The van der Waals surface area contributed by atoms with Crippen molar-refractivity contribution in [3.63, 3.8) is 0 Å². The van der Waals surface area contributed by atoms with E-state index in [2.05, 4.69) is 10.4 Å². The Kier molecular flexibility index (Phi) is 5.50. The van der Waals surface area contributed by atoms with E-state index in [4.69, 9.17) is 0 Å². The molecule has 1 aromatic carbocycles. The summed E-state index contributed by atoms with van der Waals surface area (Å²) in [6, 6.07) is 5.85. The average molecular weight is 378 g/mol. The lowest BCUT2D eigenvalue weighted by molar-refractivity contribution is -0.128. The minimum atomic E-state index is -2.74. The maximum absolute atomic E-state index is 12.9. The minimum absolute atomic E-state index is 0.150. The number of aryl methyl sites for hydroxylation is 1. The van der Waals surface area contributed by atoms with Gasteiger partial charge in [0.2, 0.25) is 5.91 Å². The molecule has 2 heterocycles. The number of amides is 2. The maximum Gasteiger partial charge on any atom is 0.333 e. The Morgan fingerprint density at radius 2 is 2.22 bits per heavy atom. The van der Waals surface area contributed by atoms with Gasteiger partial charge >= 0.3 is 6.55 Å². The molecule has 0 spiro atoms. The fraction of sp³-hybridized carbons (Fsp3) is 0.389. The number of benzene rings is 1. The van der Waals surface area contributed by atoms with Crippen molar-refractivity contribution in [2.75, 3.05) is 19.7 Å². The molecule has 0 aliphatic carbocycles. The Balaban J connectivity index is 1.91. The number of carbonyl (C=O) groups is 2. The largest absolute Gasteiger partial charge is 0.396 e. The SMILES string of the molecule is Cc1nn(C(F)F)cc1-c1cccc(C(=O)N2CCNC(=O)C2CCO)c1. The summed E-state index contributed by atoms with van der Waals surface area (Å²) in [6.45, 7) is -0.662. The Morgan fingerprint density at radius 3 is 2.89 bits per heavy atom. The van der Waals surface area contributed by atoms with Gasteiger partial charge in [0.15, 0.2) is 0 Å². The predicted molar refractivity (Wildman–Crippen MR) is 93.2 cm³/mol. The zero-order chi connectivity index (χ0) is 19.6. The van der Waals surface area contributed by atoms with Gasteiger partial charge in [-0.25, -0.2) is 4.68 Å². The average Bonchev–Trinajstić information content (AvgIpc) is 3.05. The van der Waals surface area contributed by atoms with E-state index in [9.17, 15) is 23.5 Å². The van der Waals surface area contributed by atoms with Gasteiger partial charge in [-0.2, -0.15) is 13.9 Å². The number of nitrogens with zero attached hydrogens (tertiary/aromatic N) is 3. The van der Waals surface area contributed by atoms with E-state index in [-0.39, 0.29) is 24.8 Å². The van der Waals surface area contributed by atoms with Crippen molar-refractivity contribution >= 4 is 11.8 Å². The highest BCUT2D eigenvalue weighted by atomic mass is 19.3. The Morgan fingerprint density at radius 1 is 1.44 bits per heavy atom. The Hall–Kier alpha value is -2.81. The first-order chi connectivity index (χ1) is 12.9. The second kappa shape index (κ2) is 7.83. The summed E-state index contributed by atoms with van der Waals surface area (Å²) >= 11 is 0. The molecule has 0 radical (unpaired) electrons. The quantitative estimate of drug-likeness (QED) is 0.827. The van der Waals surface area contributed by atoms with Crippen LogP contribution in [0.25, 0.3) is 11.1 Å². The summed E-state index contributed by atoms with van der Waals surface area (Å²) in [4.78, 5) is 26.4. The lowest BCUT2D eigenvalue weighted by atomic mass is 10.0. The van der Waals surface area contributed by atoms with E-state index in [0.717, 1.165) is 0 Å². The van der Waals surface area contributed by atoms with Gasteiger partial charge in [0.1, 0.15) is 6.04 Å². The number of nitrogens with one attached hydrogen (secondary N) is 1. The fourth-order valence-corrected chi connectivity index (χ4v) is 3.22. The van der Waals surface area contributed by atoms with Crippen molar-refractivity contribution in [1.82, 2.24) is 20.0 Å². The highest BCUT2D eigenvalue weighted by molar-refractivity contribution is 5.99. The Bertz CT molecular complexity index is 853. The number of aliphatic hydroxyl groups excluding tert-OH is 1. The van der Waals surface area contributed by atoms with Crippen LogP contribution in [0, 0.1) is 6.92 Å². The second-order valence-electron chi connectivity index (χ2n) is 6.28. The van der Waals surface area contributed by atoms with Crippen LogP contribution < -0.4 is 5.32 Å². The summed E-state index contributed by atoms with van der Waals surface area (Å²) in [5.41, 5.74) is 1.86. The van der Waals surface area contributed by atoms with E-state index in [1.807, 2.05) is 0 Å². The lowest BCUT2D eigenvalue weighted by Crippen LogP contribution is -2.57. The predicted octanol–water partition coefficient (Wildman–Crippen LogP) is 1.58. The number of halogens is 2. The normalized spacial score (nSPS) is 17.3. The molecule has 1 fully saturated rings. The van der Waals surface area contributed by atoms with E-state index in [1.54, 1.807) is 31.2 Å². The van der Waals surface area contributed by atoms with Crippen LogP contribution in [0.15, 0.2) is 30.5 Å². The molecule has 1 aliphatic heterocycles. The third kappa shape index (κ3) is 3.82. The topological polar surface area (TPSA) is 87.5 Å². The monoisotopic (exact) mass is 378 g/mol. The second-order valence-corrected chi connectivity index (χ2v) is 6.28. The molecule has 1 unspecified atom stereocenters. The lowest BCUT2D eigenvalue weighted by Gasteiger charge is -2.34. The van der Waals surface area contributed by atoms with Gasteiger partial charge in [-0.05, 0) is 31.0 Å². The first-order valence-corrected chi connectivity index (χ1v) is 8.56. The van der Waals surface area contributed by atoms with Crippen LogP contribution in [0.4, 0.5) is 8.78 Å². The molecular weight excluding hydrogens is 358 g/mol. The fourth-order valence-electron chi connectivity index (χ4n) is 3.22. The molecule has 7 nitrogen and oxygen atoms in total. The number of aromatic nitrogens is 2. The van der Waals surface area contributed by atoms with Crippen molar-refractivity contribution in [1.29, 1.82) is 0 Å². The number of hydrogen-bond donors (Lipinski definition) is 2. The zero-order valence-electron chi connectivity index (χ0n) is 14.7. The molecule has 1 aliphatic rings. The molecule has 1 aromatic heterocycles. The molecule has 0 bridgehead atoms.